The molecule has 0 saturated heterocycles. The Morgan fingerprint density at radius 3 is 2.21 bits per heavy atom. The molecule has 2 aromatic rings. The molecule has 0 fully saturated rings. The fourth-order valence-electron chi connectivity index (χ4n) is 2.85. The number of aryl methyl sites for hydroxylation is 1. The molecule has 33 heavy (non-hydrogen) atoms. The van der Waals surface area contributed by atoms with Crippen LogP contribution in [0.4, 0.5) is 5.00 Å². The van der Waals surface area contributed by atoms with Crippen molar-refractivity contribution in [1.82, 2.24) is 0 Å². The Morgan fingerprint density at radius 2 is 1.61 bits per heavy atom. The highest BCUT2D eigenvalue weighted by Crippen LogP contribution is 2.35. The number of esters is 2. The van der Waals surface area contributed by atoms with E-state index in [0.29, 0.717) is 33.4 Å². The van der Waals surface area contributed by atoms with Crippen molar-refractivity contribution in [2.45, 2.75) is 20.8 Å². The van der Waals surface area contributed by atoms with Gasteiger partial charge in [0.25, 0.3) is 5.91 Å². The first-order valence-electron chi connectivity index (χ1n) is 9.97. The molecule has 0 saturated carbocycles. The van der Waals surface area contributed by atoms with Crippen molar-refractivity contribution in [1.29, 1.82) is 0 Å². The van der Waals surface area contributed by atoms with Gasteiger partial charge < -0.3 is 29.0 Å². The van der Waals surface area contributed by atoms with Crippen molar-refractivity contribution in [3.8, 4) is 17.2 Å². The van der Waals surface area contributed by atoms with Gasteiger partial charge in [0.2, 0.25) is 0 Å². The van der Waals surface area contributed by atoms with E-state index in [-0.39, 0.29) is 6.61 Å². The van der Waals surface area contributed by atoms with Crippen molar-refractivity contribution in [2.75, 3.05) is 39.9 Å². The zero-order chi connectivity index (χ0) is 24.5. The Bertz CT molecular complexity index is 1060. The number of rotatable bonds is 10. The summed E-state index contributed by atoms with van der Waals surface area (Å²) in [5, 5.41) is 2.97. The van der Waals surface area contributed by atoms with E-state index in [1.807, 2.05) is 6.92 Å². The van der Waals surface area contributed by atoms with E-state index in [1.54, 1.807) is 26.0 Å². The lowest BCUT2D eigenvalue weighted by Gasteiger charge is -2.12. The number of hydrogen-bond acceptors (Lipinski definition) is 9. The van der Waals surface area contributed by atoms with Crippen LogP contribution in [-0.2, 0) is 19.1 Å². The largest absolute Gasteiger partial charge is 0.496 e. The highest BCUT2D eigenvalue weighted by Gasteiger charge is 2.22. The van der Waals surface area contributed by atoms with Crippen LogP contribution in [-0.4, -0.2) is 52.4 Å². The van der Waals surface area contributed by atoms with E-state index in [2.05, 4.69) is 5.32 Å². The molecule has 0 spiro atoms. The summed E-state index contributed by atoms with van der Waals surface area (Å²) in [6.07, 6.45) is 2.65. The van der Waals surface area contributed by atoms with Gasteiger partial charge in [-0.3, -0.25) is 4.79 Å². The quantitative estimate of drug-likeness (QED) is 0.407. The fourth-order valence-corrected chi connectivity index (χ4v) is 3.92. The van der Waals surface area contributed by atoms with Crippen LogP contribution in [0.1, 0.15) is 33.3 Å². The number of hydrogen-bond donors (Lipinski definition) is 1. The molecule has 9 nitrogen and oxygen atoms in total. The molecule has 1 heterocycles. The second-order valence-corrected chi connectivity index (χ2v) is 7.87. The van der Waals surface area contributed by atoms with Gasteiger partial charge >= 0.3 is 11.9 Å². The molecule has 1 N–H and O–H groups in total. The smallest absolute Gasteiger partial charge is 0.341 e. The predicted molar refractivity (Wildman–Crippen MR) is 124 cm³/mol. The minimum Gasteiger partial charge on any atom is -0.496 e. The lowest BCUT2D eigenvalue weighted by atomic mass is 10.1. The van der Waals surface area contributed by atoms with Crippen molar-refractivity contribution in [3.63, 3.8) is 0 Å². The number of nitrogens with one attached hydrogen (secondary N) is 1. The third kappa shape index (κ3) is 6.48. The molecule has 0 atom stereocenters. The van der Waals surface area contributed by atoms with Gasteiger partial charge in [-0.25, -0.2) is 9.59 Å². The standard InChI is InChI=1S/C23H27NO8S/c1-7-31-23(27)21-13(2)14(3)33-22(21)24-19(25)12-32-20(26)9-8-15-10-17(29-5)18(30-6)11-16(15)28-4/h8-11H,7,12H2,1-6H3,(H,24,25)/b9-8+. The first kappa shape index (κ1) is 25.7. The van der Waals surface area contributed by atoms with E-state index in [0.717, 1.165) is 10.4 Å². The van der Waals surface area contributed by atoms with Crippen molar-refractivity contribution < 1.29 is 38.1 Å². The first-order valence-corrected chi connectivity index (χ1v) is 10.8. The third-order valence-electron chi connectivity index (χ3n) is 4.60. The molecule has 0 unspecified atom stereocenters. The van der Waals surface area contributed by atoms with Gasteiger partial charge in [0.1, 0.15) is 10.8 Å². The second-order valence-electron chi connectivity index (χ2n) is 6.65. The zero-order valence-corrected chi connectivity index (χ0v) is 20.2. The second kappa shape index (κ2) is 11.9. The molecule has 178 valence electrons. The van der Waals surface area contributed by atoms with Crippen LogP contribution in [0, 0.1) is 13.8 Å². The average molecular weight is 478 g/mol. The summed E-state index contributed by atoms with van der Waals surface area (Å²) in [5.41, 5.74) is 1.59. The Balaban J connectivity index is 2.04. The van der Waals surface area contributed by atoms with E-state index < -0.39 is 24.5 Å². The summed E-state index contributed by atoms with van der Waals surface area (Å²) < 4.78 is 25.9. The van der Waals surface area contributed by atoms with Crippen LogP contribution in [0.25, 0.3) is 6.08 Å². The monoisotopic (exact) mass is 477 g/mol. The molecule has 0 aliphatic heterocycles. The summed E-state index contributed by atoms with van der Waals surface area (Å²) in [6, 6.07) is 3.27. The van der Waals surface area contributed by atoms with Crippen LogP contribution in [0.5, 0.6) is 17.2 Å². The van der Waals surface area contributed by atoms with Crippen LogP contribution in [0.15, 0.2) is 18.2 Å². The molecule has 0 aliphatic carbocycles. The van der Waals surface area contributed by atoms with Crippen LogP contribution >= 0.6 is 11.3 Å². The number of amides is 1. The van der Waals surface area contributed by atoms with Gasteiger partial charge in [-0.2, -0.15) is 0 Å². The van der Waals surface area contributed by atoms with E-state index in [9.17, 15) is 14.4 Å². The van der Waals surface area contributed by atoms with Crippen LogP contribution < -0.4 is 19.5 Å². The van der Waals surface area contributed by atoms with Gasteiger partial charge in [0, 0.05) is 22.6 Å². The number of benzene rings is 1. The fraction of sp³-hybridized carbons (Fsp3) is 0.348. The molecule has 1 aromatic heterocycles. The summed E-state index contributed by atoms with van der Waals surface area (Å²) in [7, 11) is 4.48. The lowest BCUT2D eigenvalue weighted by Crippen LogP contribution is -2.21. The highest BCUT2D eigenvalue weighted by atomic mass is 32.1. The maximum atomic E-state index is 12.3. The highest BCUT2D eigenvalue weighted by molar-refractivity contribution is 7.16. The Hall–Kier alpha value is -3.53. The number of anilines is 1. The molecule has 0 aliphatic rings. The first-order chi connectivity index (χ1) is 15.7. The summed E-state index contributed by atoms with van der Waals surface area (Å²) in [6.45, 7) is 5.02. The lowest BCUT2D eigenvalue weighted by molar-refractivity contribution is -0.142. The van der Waals surface area contributed by atoms with E-state index in [4.69, 9.17) is 23.7 Å². The van der Waals surface area contributed by atoms with Gasteiger partial charge in [0.05, 0.1) is 33.5 Å². The van der Waals surface area contributed by atoms with Crippen molar-refractivity contribution in [2.24, 2.45) is 0 Å². The Kier molecular flexibility index (Phi) is 9.29. The molecular weight excluding hydrogens is 450 g/mol. The summed E-state index contributed by atoms with van der Waals surface area (Å²) >= 11 is 1.25. The SMILES string of the molecule is CCOC(=O)c1c(NC(=O)COC(=O)/C=C/c2cc(OC)c(OC)cc2OC)sc(C)c1C. The van der Waals surface area contributed by atoms with Gasteiger partial charge in [-0.1, -0.05) is 0 Å². The van der Waals surface area contributed by atoms with Gasteiger partial charge in [-0.15, -0.1) is 11.3 Å². The topological polar surface area (TPSA) is 109 Å². The van der Waals surface area contributed by atoms with E-state index in [1.165, 1.54) is 44.8 Å². The normalized spacial score (nSPS) is 10.6. The van der Waals surface area contributed by atoms with Gasteiger partial charge in [-0.05, 0) is 38.5 Å². The minimum absolute atomic E-state index is 0.218. The molecule has 1 aromatic carbocycles. The zero-order valence-electron chi connectivity index (χ0n) is 19.4. The maximum absolute atomic E-state index is 12.3. The molecule has 10 heteroatoms. The Labute approximate surface area is 196 Å². The third-order valence-corrected chi connectivity index (χ3v) is 5.72. The van der Waals surface area contributed by atoms with Crippen molar-refractivity contribution >= 4 is 40.3 Å². The Morgan fingerprint density at radius 1 is 0.970 bits per heavy atom. The number of thiophene rings is 1. The number of carbonyl (C=O) groups excluding carboxylic acids is 3. The molecular formula is C23H27NO8S. The number of methoxy groups -OCH3 is 3. The molecule has 2 rings (SSSR count). The summed E-state index contributed by atoms with van der Waals surface area (Å²) in [4.78, 5) is 37.5. The van der Waals surface area contributed by atoms with Gasteiger partial charge in [0.15, 0.2) is 18.1 Å². The average Bonchev–Trinajstić information content (AvgIpc) is 3.08. The molecule has 0 bridgehead atoms. The van der Waals surface area contributed by atoms with Crippen LogP contribution in [0.2, 0.25) is 0 Å². The van der Waals surface area contributed by atoms with E-state index >= 15 is 0 Å². The predicted octanol–water partition coefficient (Wildman–Crippen LogP) is 3.76. The molecule has 0 radical (unpaired) electrons. The maximum Gasteiger partial charge on any atom is 0.341 e. The summed E-state index contributed by atoms with van der Waals surface area (Å²) in [5.74, 6) is -0.419. The molecule has 1 amide bonds. The number of carbonyl (C=O) groups is 3. The van der Waals surface area contributed by atoms with Crippen molar-refractivity contribution in [3.05, 3.63) is 39.8 Å². The minimum atomic E-state index is -0.730. The van der Waals surface area contributed by atoms with Crippen LogP contribution in [0.3, 0.4) is 0 Å². The number of ether oxygens (including phenoxy) is 5.